The molecule has 176 valence electrons. The molecule has 5 rings (SSSR count). The molecule has 0 bridgehead atoms. The fourth-order valence-electron chi connectivity index (χ4n) is 4.37. The number of carbonyl (C=O) groups excluding carboxylic acids is 1. The molecule has 8 nitrogen and oxygen atoms in total. The van der Waals surface area contributed by atoms with E-state index < -0.39 is 0 Å². The molecule has 1 saturated heterocycles. The van der Waals surface area contributed by atoms with Crippen molar-refractivity contribution in [3.8, 4) is 10.7 Å². The van der Waals surface area contributed by atoms with Gasteiger partial charge < -0.3 is 14.4 Å². The lowest BCUT2D eigenvalue weighted by molar-refractivity contribution is -0.127. The van der Waals surface area contributed by atoms with Gasteiger partial charge in [0.2, 0.25) is 17.6 Å². The Hall–Kier alpha value is -3.30. The van der Waals surface area contributed by atoms with E-state index in [4.69, 9.17) is 4.52 Å². The van der Waals surface area contributed by atoms with Gasteiger partial charge in [0.15, 0.2) is 0 Å². The number of amides is 1. The smallest absolute Gasteiger partial charge is 0.241 e. The van der Waals surface area contributed by atoms with Crippen molar-refractivity contribution in [1.29, 1.82) is 0 Å². The Kier molecular flexibility index (Phi) is 6.82. The molecule has 1 aromatic carbocycles. The summed E-state index contributed by atoms with van der Waals surface area (Å²) in [5.74, 6) is 2.27. The minimum absolute atomic E-state index is 0.0368. The zero-order chi connectivity index (χ0) is 23.3. The molecular weight excluding hydrogens is 448 g/mol. The third-order valence-corrected chi connectivity index (χ3v) is 7.05. The molecule has 0 radical (unpaired) electrons. The maximum absolute atomic E-state index is 12.9. The highest BCUT2D eigenvalue weighted by Gasteiger charge is 2.27. The van der Waals surface area contributed by atoms with Crippen molar-refractivity contribution >= 4 is 17.2 Å². The molecule has 1 unspecified atom stereocenters. The average Bonchev–Trinajstić information content (AvgIpc) is 3.61. The fourth-order valence-corrected chi connectivity index (χ4v) is 5.02. The molecule has 3 aromatic heterocycles. The quantitative estimate of drug-likeness (QED) is 0.415. The first-order valence-corrected chi connectivity index (χ1v) is 12.4. The monoisotopic (exact) mass is 476 g/mol. The topological polar surface area (TPSA) is 89.1 Å². The van der Waals surface area contributed by atoms with Gasteiger partial charge in [0, 0.05) is 32.0 Å². The van der Waals surface area contributed by atoms with Crippen LogP contribution in [0.3, 0.4) is 0 Å². The molecule has 1 N–H and O–H groups in total. The molecule has 0 aliphatic carbocycles. The Labute approximate surface area is 202 Å². The zero-order valence-corrected chi connectivity index (χ0v) is 20.0. The lowest BCUT2D eigenvalue weighted by Gasteiger charge is -2.30. The van der Waals surface area contributed by atoms with Gasteiger partial charge in [0.25, 0.3) is 0 Å². The van der Waals surface area contributed by atoms with Gasteiger partial charge in [-0.15, -0.1) is 11.3 Å². The Bertz CT molecular complexity index is 1230. The number of nitrogens with one attached hydrogen (secondary N) is 1. The van der Waals surface area contributed by atoms with Crippen LogP contribution in [-0.2, 0) is 24.4 Å². The number of carbonyl (C=O) groups is 1. The number of benzene rings is 1. The summed E-state index contributed by atoms with van der Waals surface area (Å²) < 4.78 is 7.56. The highest BCUT2D eigenvalue weighted by molar-refractivity contribution is 7.13. The Balaban J connectivity index is 1.13. The van der Waals surface area contributed by atoms with E-state index >= 15 is 0 Å². The molecule has 0 saturated carbocycles. The van der Waals surface area contributed by atoms with E-state index in [9.17, 15) is 4.79 Å². The standard InChI is InChI=1S/C25H28N6O2S/c1-18-26-9-11-31(18)15-20-6-2-5-19(13-20)14-27-25(32)21-7-3-10-30(16-21)17-23-28-24(29-33-23)22-8-4-12-34-22/h2,4-6,8-9,11-13,21H,3,7,10,14-17H2,1H3,(H,27,32). The van der Waals surface area contributed by atoms with Crippen molar-refractivity contribution in [3.63, 3.8) is 0 Å². The minimum atomic E-state index is -0.0368. The predicted molar refractivity (Wildman–Crippen MR) is 130 cm³/mol. The number of hydrogen-bond acceptors (Lipinski definition) is 7. The summed E-state index contributed by atoms with van der Waals surface area (Å²) >= 11 is 1.59. The SMILES string of the molecule is Cc1nccn1Cc1cccc(CNC(=O)C2CCCN(Cc3nc(-c4cccs4)no3)C2)c1. The summed E-state index contributed by atoms with van der Waals surface area (Å²) in [4.78, 5) is 24.9. The molecule has 0 spiro atoms. The molecule has 34 heavy (non-hydrogen) atoms. The van der Waals surface area contributed by atoms with Gasteiger partial charge in [-0.1, -0.05) is 35.5 Å². The fraction of sp³-hybridized carbons (Fsp3) is 0.360. The van der Waals surface area contributed by atoms with E-state index in [2.05, 4.69) is 48.1 Å². The second-order valence-corrected chi connectivity index (χ2v) is 9.65. The first-order valence-electron chi connectivity index (χ1n) is 11.6. The maximum atomic E-state index is 12.9. The number of thiophene rings is 1. The van der Waals surface area contributed by atoms with Gasteiger partial charge in [-0.25, -0.2) is 4.98 Å². The summed E-state index contributed by atoms with van der Waals surface area (Å²) in [6.07, 6.45) is 5.67. The number of imidazole rings is 1. The number of piperidine rings is 1. The summed E-state index contributed by atoms with van der Waals surface area (Å²) in [5, 5.41) is 9.22. The van der Waals surface area contributed by atoms with Crippen molar-refractivity contribution < 1.29 is 9.32 Å². The first kappa shape index (κ1) is 22.5. The van der Waals surface area contributed by atoms with E-state index in [-0.39, 0.29) is 11.8 Å². The van der Waals surface area contributed by atoms with E-state index in [0.29, 0.717) is 31.3 Å². The van der Waals surface area contributed by atoms with E-state index in [0.717, 1.165) is 42.2 Å². The average molecular weight is 477 g/mol. The molecule has 4 aromatic rings. The van der Waals surface area contributed by atoms with Crippen LogP contribution in [0.25, 0.3) is 10.7 Å². The van der Waals surface area contributed by atoms with Gasteiger partial charge in [0.05, 0.1) is 17.3 Å². The summed E-state index contributed by atoms with van der Waals surface area (Å²) in [6.45, 7) is 5.49. The van der Waals surface area contributed by atoms with Crippen molar-refractivity contribution in [2.24, 2.45) is 5.92 Å². The van der Waals surface area contributed by atoms with Crippen LogP contribution < -0.4 is 5.32 Å². The van der Waals surface area contributed by atoms with Crippen LogP contribution in [0.4, 0.5) is 0 Å². The van der Waals surface area contributed by atoms with Crippen LogP contribution >= 0.6 is 11.3 Å². The molecule has 1 amide bonds. The van der Waals surface area contributed by atoms with Crippen molar-refractivity contribution in [1.82, 2.24) is 29.9 Å². The molecular formula is C25H28N6O2S. The van der Waals surface area contributed by atoms with Gasteiger partial charge in [-0.05, 0) is 48.9 Å². The lowest BCUT2D eigenvalue weighted by atomic mass is 9.97. The number of aromatic nitrogens is 4. The molecule has 1 atom stereocenters. The third kappa shape index (κ3) is 5.43. The molecule has 1 aliphatic rings. The van der Waals surface area contributed by atoms with Crippen LogP contribution in [0.2, 0.25) is 0 Å². The normalized spacial score (nSPS) is 16.6. The third-order valence-electron chi connectivity index (χ3n) is 6.18. The predicted octanol–water partition coefficient (Wildman–Crippen LogP) is 3.88. The minimum Gasteiger partial charge on any atom is -0.352 e. The number of hydrogen-bond donors (Lipinski definition) is 1. The van der Waals surface area contributed by atoms with Gasteiger partial charge in [-0.2, -0.15) is 4.98 Å². The van der Waals surface area contributed by atoms with Crippen molar-refractivity contribution in [3.05, 3.63) is 77.0 Å². The Morgan fingerprint density at radius 2 is 2.15 bits per heavy atom. The second-order valence-electron chi connectivity index (χ2n) is 8.70. The maximum Gasteiger partial charge on any atom is 0.241 e. The number of nitrogens with zero attached hydrogens (tertiary/aromatic N) is 5. The molecule has 9 heteroatoms. The van der Waals surface area contributed by atoms with Crippen molar-refractivity contribution in [2.75, 3.05) is 13.1 Å². The van der Waals surface area contributed by atoms with Gasteiger partial charge >= 0.3 is 0 Å². The van der Waals surface area contributed by atoms with Crippen LogP contribution in [0.15, 0.2) is 58.7 Å². The van der Waals surface area contributed by atoms with E-state index in [1.54, 1.807) is 11.3 Å². The number of likely N-dealkylation sites (tertiary alicyclic amines) is 1. The number of aryl methyl sites for hydroxylation is 1. The Morgan fingerprint density at radius 1 is 1.24 bits per heavy atom. The van der Waals surface area contributed by atoms with E-state index in [1.165, 1.54) is 5.56 Å². The Morgan fingerprint density at radius 3 is 2.97 bits per heavy atom. The second kappa shape index (κ2) is 10.3. The number of rotatable bonds is 8. The van der Waals surface area contributed by atoms with Crippen molar-refractivity contribution in [2.45, 2.75) is 39.4 Å². The van der Waals surface area contributed by atoms with Crippen LogP contribution in [-0.4, -0.2) is 43.6 Å². The summed E-state index contributed by atoms with van der Waals surface area (Å²) in [7, 11) is 0. The van der Waals surface area contributed by atoms with Crippen LogP contribution in [0, 0.1) is 12.8 Å². The van der Waals surface area contributed by atoms with Gasteiger partial charge in [-0.3, -0.25) is 9.69 Å². The van der Waals surface area contributed by atoms with Crippen LogP contribution in [0.5, 0.6) is 0 Å². The lowest BCUT2D eigenvalue weighted by Crippen LogP contribution is -2.42. The van der Waals surface area contributed by atoms with Crippen LogP contribution in [0.1, 0.15) is 35.7 Å². The van der Waals surface area contributed by atoms with Gasteiger partial charge in [0.1, 0.15) is 5.82 Å². The largest absolute Gasteiger partial charge is 0.352 e. The summed E-state index contributed by atoms with van der Waals surface area (Å²) in [6, 6.07) is 12.3. The summed E-state index contributed by atoms with van der Waals surface area (Å²) in [5.41, 5.74) is 2.29. The first-order chi connectivity index (χ1) is 16.6. The molecule has 4 heterocycles. The van der Waals surface area contributed by atoms with E-state index in [1.807, 2.05) is 42.9 Å². The zero-order valence-electron chi connectivity index (χ0n) is 19.2. The molecule has 1 fully saturated rings. The highest BCUT2D eigenvalue weighted by atomic mass is 32.1. The highest BCUT2D eigenvalue weighted by Crippen LogP contribution is 2.23. The molecule has 1 aliphatic heterocycles.